The van der Waals surface area contributed by atoms with Crippen LogP contribution in [0.5, 0.6) is 0 Å². The minimum absolute atomic E-state index is 0.0917. The monoisotopic (exact) mass is 243 g/mol. The molecule has 4 heteroatoms. The van der Waals surface area contributed by atoms with Gasteiger partial charge in [0.1, 0.15) is 0 Å². The van der Waals surface area contributed by atoms with Crippen LogP contribution in [0, 0.1) is 0 Å². The van der Waals surface area contributed by atoms with Crippen LogP contribution in [0.1, 0.15) is 16.7 Å². The van der Waals surface area contributed by atoms with Crippen LogP contribution in [0.4, 0.5) is 0 Å². The first-order valence-electron chi connectivity index (χ1n) is 5.87. The third-order valence-corrected chi connectivity index (χ3v) is 2.71. The molecule has 94 valence electrons. The summed E-state index contributed by atoms with van der Waals surface area (Å²) < 4.78 is 1.69. The zero-order valence-corrected chi connectivity index (χ0v) is 10.2. The summed E-state index contributed by atoms with van der Waals surface area (Å²) in [6.45, 7) is 5.31. The van der Waals surface area contributed by atoms with Crippen molar-refractivity contribution in [2.24, 2.45) is 0 Å². The molecule has 0 aliphatic carbocycles. The molecule has 1 heterocycles. The second-order valence-electron chi connectivity index (χ2n) is 4.09. The van der Waals surface area contributed by atoms with Crippen molar-refractivity contribution in [3.63, 3.8) is 0 Å². The lowest BCUT2D eigenvalue weighted by Gasteiger charge is -2.04. The quantitative estimate of drug-likeness (QED) is 0.813. The van der Waals surface area contributed by atoms with Gasteiger partial charge in [0.25, 0.3) is 0 Å². The highest BCUT2D eigenvalue weighted by Crippen LogP contribution is 2.04. The van der Waals surface area contributed by atoms with Crippen molar-refractivity contribution >= 4 is 6.20 Å². The number of benzene rings is 1. The number of hydrogen-bond acceptors (Lipinski definition) is 3. The van der Waals surface area contributed by atoms with E-state index in [2.05, 4.69) is 17.0 Å². The van der Waals surface area contributed by atoms with Crippen molar-refractivity contribution in [2.75, 3.05) is 0 Å². The summed E-state index contributed by atoms with van der Waals surface area (Å²) >= 11 is 0. The van der Waals surface area contributed by atoms with Gasteiger partial charge in [-0.15, -0.1) is 0 Å². The maximum atomic E-state index is 8.95. The van der Waals surface area contributed by atoms with E-state index >= 15 is 0 Å². The van der Waals surface area contributed by atoms with E-state index in [9.17, 15) is 0 Å². The highest BCUT2D eigenvalue weighted by molar-refractivity contribution is 5.22. The first-order valence-corrected chi connectivity index (χ1v) is 5.87. The molecule has 0 radical (unpaired) electrons. The smallest absolute Gasteiger partial charge is 0.0681 e. The van der Waals surface area contributed by atoms with E-state index < -0.39 is 0 Å². The van der Waals surface area contributed by atoms with Gasteiger partial charge >= 0.3 is 0 Å². The van der Waals surface area contributed by atoms with Gasteiger partial charge in [-0.25, -0.2) is 4.68 Å². The van der Waals surface area contributed by atoms with E-state index in [0.29, 0.717) is 0 Å². The number of hydrogen-bond donors (Lipinski definition) is 2. The molecular formula is C14H17N3O. The molecule has 0 saturated heterocycles. The SMILES string of the molecule is C=Cn1cc(CNCc2ccc(CO)cc2)cn1. The highest BCUT2D eigenvalue weighted by Gasteiger charge is 1.97. The maximum Gasteiger partial charge on any atom is 0.0681 e. The molecular weight excluding hydrogens is 226 g/mol. The molecule has 2 rings (SSSR count). The molecule has 0 unspecified atom stereocenters. The Morgan fingerprint density at radius 2 is 1.83 bits per heavy atom. The van der Waals surface area contributed by atoms with E-state index in [1.807, 2.05) is 36.7 Å². The summed E-state index contributed by atoms with van der Waals surface area (Å²) in [5, 5.41) is 16.4. The molecule has 0 atom stereocenters. The van der Waals surface area contributed by atoms with Gasteiger partial charge in [-0.3, -0.25) is 0 Å². The van der Waals surface area contributed by atoms with Crippen LogP contribution in [-0.2, 0) is 19.7 Å². The fourth-order valence-electron chi connectivity index (χ4n) is 1.68. The minimum Gasteiger partial charge on any atom is -0.392 e. The van der Waals surface area contributed by atoms with Crippen molar-refractivity contribution in [1.82, 2.24) is 15.1 Å². The zero-order valence-electron chi connectivity index (χ0n) is 10.2. The summed E-state index contributed by atoms with van der Waals surface area (Å²) in [6, 6.07) is 7.91. The molecule has 0 bridgehead atoms. The van der Waals surface area contributed by atoms with Gasteiger partial charge in [-0.1, -0.05) is 30.8 Å². The second kappa shape index (κ2) is 6.14. The van der Waals surface area contributed by atoms with Crippen molar-refractivity contribution in [2.45, 2.75) is 19.7 Å². The number of rotatable bonds is 6. The Kier molecular flexibility index (Phi) is 4.28. The fourth-order valence-corrected chi connectivity index (χ4v) is 1.68. The van der Waals surface area contributed by atoms with Crippen LogP contribution in [0.15, 0.2) is 43.2 Å². The van der Waals surface area contributed by atoms with E-state index in [1.54, 1.807) is 10.9 Å². The Morgan fingerprint density at radius 1 is 1.17 bits per heavy atom. The lowest BCUT2D eigenvalue weighted by atomic mass is 10.1. The molecule has 0 fully saturated rings. The number of nitrogens with zero attached hydrogens (tertiary/aromatic N) is 2. The van der Waals surface area contributed by atoms with E-state index in [4.69, 9.17) is 5.11 Å². The average molecular weight is 243 g/mol. The maximum absolute atomic E-state index is 8.95. The van der Waals surface area contributed by atoms with Crippen LogP contribution in [0.2, 0.25) is 0 Å². The standard InChI is InChI=1S/C14H17N3O/c1-2-17-10-14(9-16-17)8-15-7-12-3-5-13(11-18)6-4-12/h2-6,9-10,15,18H,1,7-8,11H2. The van der Waals surface area contributed by atoms with Gasteiger partial charge in [-0.05, 0) is 11.1 Å². The summed E-state index contributed by atoms with van der Waals surface area (Å²) in [6.07, 6.45) is 5.43. The number of aromatic nitrogens is 2. The lowest BCUT2D eigenvalue weighted by molar-refractivity contribution is 0.282. The molecule has 18 heavy (non-hydrogen) atoms. The van der Waals surface area contributed by atoms with Crippen LogP contribution in [0.25, 0.3) is 6.20 Å². The van der Waals surface area contributed by atoms with Crippen molar-refractivity contribution < 1.29 is 5.11 Å². The average Bonchev–Trinajstić information content (AvgIpc) is 2.87. The van der Waals surface area contributed by atoms with E-state index in [-0.39, 0.29) is 6.61 Å². The third kappa shape index (κ3) is 3.29. The summed E-state index contributed by atoms with van der Waals surface area (Å²) in [4.78, 5) is 0. The third-order valence-electron chi connectivity index (χ3n) is 2.71. The van der Waals surface area contributed by atoms with Crippen LogP contribution in [0.3, 0.4) is 0 Å². The molecule has 1 aromatic carbocycles. The second-order valence-corrected chi connectivity index (χ2v) is 4.09. The predicted molar refractivity (Wildman–Crippen MR) is 71.5 cm³/mol. The van der Waals surface area contributed by atoms with Crippen molar-refractivity contribution in [1.29, 1.82) is 0 Å². The zero-order chi connectivity index (χ0) is 12.8. The van der Waals surface area contributed by atoms with Crippen LogP contribution >= 0.6 is 0 Å². The van der Waals surface area contributed by atoms with Gasteiger partial charge in [0.05, 0.1) is 12.8 Å². The number of aliphatic hydroxyl groups is 1. The first-order chi connectivity index (χ1) is 8.81. The predicted octanol–water partition coefficient (Wildman–Crippen LogP) is 1.77. The van der Waals surface area contributed by atoms with E-state index in [1.165, 1.54) is 5.56 Å². The number of aliphatic hydroxyl groups excluding tert-OH is 1. The summed E-state index contributed by atoms with van der Waals surface area (Å²) in [7, 11) is 0. The highest BCUT2D eigenvalue weighted by atomic mass is 16.3. The molecule has 2 N–H and O–H groups in total. The molecule has 0 amide bonds. The van der Waals surface area contributed by atoms with Gasteiger partial charge in [0.2, 0.25) is 0 Å². The molecule has 4 nitrogen and oxygen atoms in total. The van der Waals surface area contributed by atoms with Crippen LogP contribution in [-0.4, -0.2) is 14.9 Å². The molecule has 0 aliphatic heterocycles. The molecule has 0 spiro atoms. The van der Waals surface area contributed by atoms with Crippen molar-refractivity contribution in [3.05, 3.63) is 59.9 Å². The molecule has 2 aromatic rings. The fraction of sp³-hybridized carbons (Fsp3) is 0.214. The Bertz CT molecular complexity index is 502. The van der Waals surface area contributed by atoms with Crippen LogP contribution < -0.4 is 5.32 Å². The molecule has 0 saturated carbocycles. The Balaban J connectivity index is 1.82. The molecule has 0 aliphatic rings. The van der Waals surface area contributed by atoms with Gasteiger partial charge < -0.3 is 10.4 Å². The molecule has 1 aromatic heterocycles. The van der Waals surface area contributed by atoms with Gasteiger partial charge in [0.15, 0.2) is 0 Å². The topological polar surface area (TPSA) is 50.1 Å². The van der Waals surface area contributed by atoms with E-state index in [0.717, 1.165) is 24.2 Å². The summed E-state index contributed by atoms with van der Waals surface area (Å²) in [5.74, 6) is 0. The largest absolute Gasteiger partial charge is 0.392 e. The normalized spacial score (nSPS) is 10.5. The lowest BCUT2D eigenvalue weighted by Crippen LogP contribution is -2.12. The Morgan fingerprint density at radius 3 is 2.44 bits per heavy atom. The number of nitrogens with one attached hydrogen (secondary N) is 1. The first kappa shape index (κ1) is 12.5. The Hall–Kier alpha value is -1.91. The van der Waals surface area contributed by atoms with Gasteiger partial charge in [-0.2, -0.15) is 5.10 Å². The van der Waals surface area contributed by atoms with Crippen molar-refractivity contribution in [3.8, 4) is 0 Å². The Labute approximate surface area is 107 Å². The van der Waals surface area contributed by atoms with Gasteiger partial charge in [0, 0.05) is 31.0 Å². The minimum atomic E-state index is 0.0917. The summed E-state index contributed by atoms with van der Waals surface area (Å²) in [5.41, 5.74) is 3.26.